The number of ether oxygens (including phenoxy) is 2. The van der Waals surface area contributed by atoms with Crippen LogP contribution in [-0.2, 0) is 11.3 Å². The van der Waals surface area contributed by atoms with Crippen molar-refractivity contribution >= 4 is 17.4 Å². The third kappa shape index (κ3) is 4.50. The summed E-state index contributed by atoms with van der Waals surface area (Å²) in [6, 6.07) is 7.65. The summed E-state index contributed by atoms with van der Waals surface area (Å²) in [4.78, 5) is 29.4. The molecule has 1 saturated heterocycles. The van der Waals surface area contributed by atoms with Crippen molar-refractivity contribution < 1.29 is 19.2 Å². The third-order valence-electron chi connectivity index (χ3n) is 4.24. The van der Waals surface area contributed by atoms with Crippen molar-refractivity contribution in [2.75, 3.05) is 38.3 Å². The van der Waals surface area contributed by atoms with Crippen molar-refractivity contribution in [2.24, 2.45) is 0 Å². The van der Waals surface area contributed by atoms with E-state index in [-0.39, 0.29) is 23.5 Å². The van der Waals surface area contributed by atoms with Gasteiger partial charge in [-0.05, 0) is 23.8 Å². The van der Waals surface area contributed by atoms with Gasteiger partial charge in [0.2, 0.25) is 0 Å². The number of pyridine rings is 1. The fourth-order valence-corrected chi connectivity index (χ4v) is 2.80. The topological polar surface area (TPSA) is 107 Å². The molecule has 1 aromatic heterocycles. The number of rotatable bonds is 6. The Labute approximate surface area is 156 Å². The number of carbonyl (C=O) groups excluding carboxylic acids is 1. The Balaban J connectivity index is 1.70. The molecule has 3 rings (SSSR count). The van der Waals surface area contributed by atoms with Gasteiger partial charge in [0, 0.05) is 38.0 Å². The maximum atomic E-state index is 12.5. The predicted molar refractivity (Wildman–Crippen MR) is 98.1 cm³/mol. The molecule has 1 aliphatic heterocycles. The van der Waals surface area contributed by atoms with E-state index >= 15 is 0 Å². The average molecular weight is 372 g/mol. The molecule has 1 aliphatic rings. The van der Waals surface area contributed by atoms with Crippen molar-refractivity contribution in [3.8, 4) is 5.75 Å². The lowest BCUT2D eigenvalue weighted by molar-refractivity contribution is -0.384. The second-order valence-electron chi connectivity index (χ2n) is 5.95. The van der Waals surface area contributed by atoms with E-state index in [1.54, 1.807) is 6.20 Å². The number of hydrogen-bond acceptors (Lipinski definition) is 7. The van der Waals surface area contributed by atoms with Gasteiger partial charge in [-0.1, -0.05) is 0 Å². The van der Waals surface area contributed by atoms with Gasteiger partial charge >= 0.3 is 0 Å². The van der Waals surface area contributed by atoms with Crippen LogP contribution in [0.2, 0.25) is 0 Å². The number of non-ortho nitro benzene ring substituents is 1. The Morgan fingerprint density at radius 3 is 2.81 bits per heavy atom. The number of benzene rings is 1. The summed E-state index contributed by atoms with van der Waals surface area (Å²) >= 11 is 0. The molecular weight excluding hydrogens is 352 g/mol. The quantitative estimate of drug-likeness (QED) is 0.608. The summed E-state index contributed by atoms with van der Waals surface area (Å²) in [6.07, 6.45) is 1.69. The second kappa shape index (κ2) is 8.45. The van der Waals surface area contributed by atoms with Crippen LogP contribution >= 0.6 is 0 Å². The molecule has 2 heterocycles. The summed E-state index contributed by atoms with van der Waals surface area (Å²) in [5, 5.41) is 13.7. The Morgan fingerprint density at radius 1 is 1.33 bits per heavy atom. The minimum atomic E-state index is -0.548. The Hall–Kier alpha value is -3.20. The van der Waals surface area contributed by atoms with E-state index in [2.05, 4.69) is 15.2 Å². The number of nitrogens with one attached hydrogen (secondary N) is 1. The minimum Gasteiger partial charge on any atom is -0.496 e. The minimum absolute atomic E-state index is 0.120. The van der Waals surface area contributed by atoms with Gasteiger partial charge < -0.3 is 19.7 Å². The Morgan fingerprint density at radius 2 is 2.11 bits per heavy atom. The standard InChI is InChI=1S/C18H20N4O5/c1-26-16-3-2-14(22(24)25)11-15(16)18(23)20-12-13-4-5-19-17(10-13)21-6-8-27-9-7-21/h2-5,10-11H,6-9,12H2,1H3,(H,20,23). The monoisotopic (exact) mass is 372 g/mol. The van der Waals surface area contributed by atoms with E-state index < -0.39 is 10.8 Å². The largest absolute Gasteiger partial charge is 0.496 e. The normalized spacial score (nSPS) is 13.9. The van der Waals surface area contributed by atoms with E-state index in [9.17, 15) is 14.9 Å². The van der Waals surface area contributed by atoms with Gasteiger partial charge in [0.25, 0.3) is 11.6 Å². The van der Waals surface area contributed by atoms with E-state index in [1.807, 2.05) is 12.1 Å². The van der Waals surface area contributed by atoms with Gasteiger partial charge in [0.1, 0.15) is 11.6 Å². The van der Waals surface area contributed by atoms with Crippen LogP contribution in [0.15, 0.2) is 36.5 Å². The molecule has 1 amide bonds. The summed E-state index contributed by atoms with van der Waals surface area (Å²) in [5.74, 6) is 0.667. The molecule has 27 heavy (non-hydrogen) atoms. The number of nitro benzene ring substituents is 1. The molecule has 1 aromatic carbocycles. The summed E-state index contributed by atoms with van der Waals surface area (Å²) in [6.45, 7) is 3.14. The van der Waals surface area contributed by atoms with Crippen molar-refractivity contribution in [1.29, 1.82) is 0 Å². The fourth-order valence-electron chi connectivity index (χ4n) is 2.80. The Kier molecular flexibility index (Phi) is 5.82. The van der Waals surface area contributed by atoms with Gasteiger partial charge in [0.05, 0.1) is 30.8 Å². The van der Waals surface area contributed by atoms with Gasteiger partial charge in [0.15, 0.2) is 0 Å². The van der Waals surface area contributed by atoms with Gasteiger partial charge in [-0.2, -0.15) is 0 Å². The molecule has 142 valence electrons. The van der Waals surface area contributed by atoms with Crippen molar-refractivity contribution in [3.05, 3.63) is 57.8 Å². The number of morpholine rings is 1. The average Bonchev–Trinajstić information content (AvgIpc) is 2.72. The molecule has 0 saturated carbocycles. The maximum Gasteiger partial charge on any atom is 0.270 e. The highest BCUT2D eigenvalue weighted by Gasteiger charge is 2.18. The van der Waals surface area contributed by atoms with Gasteiger partial charge in [-0.25, -0.2) is 4.98 Å². The first kappa shape index (κ1) is 18.6. The van der Waals surface area contributed by atoms with Crippen molar-refractivity contribution in [2.45, 2.75) is 6.54 Å². The van der Waals surface area contributed by atoms with E-state index in [1.165, 1.54) is 25.3 Å². The number of aromatic nitrogens is 1. The predicted octanol–water partition coefficient (Wildman–Crippen LogP) is 1.76. The molecule has 1 N–H and O–H groups in total. The highest BCUT2D eigenvalue weighted by Crippen LogP contribution is 2.24. The number of carbonyl (C=O) groups is 1. The second-order valence-corrected chi connectivity index (χ2v) is 5.95. The van der Waals surface area contributed by atoms with Crippen LogP contribution in [-0.4, -0.2) is 49.2 Å². The van der Waals surface area contributed by atoms with Gasteiger partial charge in [-0.3, -0.25) is 14.9 Å². The van der Waals surface area contributed by atoms with E-state index in [0.29, 0.717) is 13.2 Å². The molecule has 1 fully saturated rings. The molecule has 0 spiro atoms. The van der Waals surface area contributed by atoms with Gasteiger partial charge in [-0.15, -0.1) is 0 Å². The third-order valence-corrected chi connectivity index (χ3v) is 4.24. The number of nitrogens with zero attached hydrogens (tertiary/aromatic N) is 3. The van der Waals surface area contributed by atoms with Crippen molar-refractivity contribution in [1.82, 2.24) is 10.3 Å². The first-order valence-electron chi connectivity index (χ1n) is 8.46. The first-order chi connectivity index (χ1) is 13.1. The molecule has 9 nitrogen and oxygen atoms in total. The zero-order valence-electron chi connectivity index (χ0n) is 14.9. The first-order valence-corrected chi connectivity index (χ1v) is 8.46. The molecule has 0 radical (unpaired) electrons. The smallest absolute Gasteiger partial charge is 0.270 e. The lowest BCUT2D eigenvalue weighted by atomic mass is 10.1. The highest BCUT2D eigenvalue weighted by molar-refractivity contribution is 5.97. The number of hydrogen-bond donors (Lipinski definition) is 1. The summed E-state index contributed by atoms with van der Waals surface area (Å²) < 4.78 is 10.5. The van der Waals surface area contributed by atoms with Crippen LogP contribution in [0.3, 0.4) is 0 Å². The highest BCUT2D eigenvalue weighted by atomic mass is 16.6. The molecule has 9 heteroatoms. The van der Waals surface area contributed by atoms with Crippen LogP contribution in [0.5, 0.6) is 5.75 Å². The molecule has 0 atom stereocenters. The molecule has 0 unspecified atom stereocenters. The molecule has 0 aliphatic carbocycles. The number of amides is 1. The SMILES string of the molecule is COc1ccc([N+](=O)[O-])cc1C(=O)NCc1ccnc(N2CCOCC2)c1. The zero-order valence-corrected chi connectivity index (χ0v) is 14.9. The molecular formula is C18H20N4O5. The van der Waals surface area contributed by atoms with Crippen LogP contribution < -0.4 is 15.0 Å². The molecule has 0 bridgehead atoms. The van der Waals surface area contributed by atoms with Crippen LogP contribution in [0, 0.1) is 10.1 Å². The number of anilines is 1. The zero-order chi connectivity index (χ0) is 19.2. The van der Waals surface area contributed by atoms with Crippen LogP contribution in [0.4, 0.5) is 11.5 Å². The molecule has 2 aromatic rings. The van der Waals surface area contributed by atoms with Crippen LogP contribution in [0.1, 0.15) is 15.9 Å². The van der Waals surface area contributed by atoms with Crippen molar-refractivity contribution in [3.63, 3.8) is 0 Å². The number of methoxy groups -OCH3 is 1. The maximum absolute atomic E-state index is 12.5. The van der Waals surface area contributed by atoms with Crippen LogP contribution in [0.25, 0.3) is 0 Å². The lowest BCUT2D eigenvalue weighted by Gasteiger charge is -2.28. The number of nitro groups is 1. The lowest BCUT2D eigenvalue weighted by Crippen LogP contribution is -2.36. The Bertz CT molecular complexity index is 836. The van der Waals surface area contributed by atoms with E-state index in [4.69, 9.17) is 9.47 Å². The summed E-state index contributed by atoms with van der Waals surface area (Å²) in [7, 11) is 1.41. The van der Waals surface area contributed by atoms with E-state index in [0.717, 1.165) is 24.5 Å². The fraction of sp³-hybridized carbons (Fsp3) is 0.333. The summed E-state index contributed by atoms with van der Waals surface area (Å²) in [5.41, 5.74) is 0.831.